The van der Waals surface area contributed by atoms with Crippen LogP contribution in [0.25, 0.3) is 17.2 Å². The molecule has 5 rings (SSSR count). The maximum atomic E-state index is 13.1. The molecule has 36 heavy (non-hydrogen) atoms. The number of carbonyl (C=O) groups is 1. The fourth-order valence-corrected chi connectivity index (χ4v) is 4.44. The van der Waals surface area contributed by atoms with Gasteiger partial charge in [0.25, 0.3) is 5.91 Å². The van der Waals surface area contributed by atoms with E-state index in [0.29, 0.717) is 43.5 Å². The summed E-state index contributed by atoms with van der Waals surface area (Å²) in [5, 5.41) is 7.71. The number of aryl methyl sites for hydroxylation is 3. The van der Waals surface area contributed by atoms with Gasteiger partial charge in [-0.2, -0.15) is 5.10 Å². The molecule has 1 aliphatic rings. The highest BCUT2D eigenvalue weighted by molar-refractivity contribution is 5.94. The Morgan fingerprint density at radius 2 is 2.03 bits per heavy atom. The van der Waals surface area contributed by atoms with Crippen LogP contribution in [-0.4, -0.2) is 61.5 Å². The average molecular weight is 490 g/mol. The van der Waals surface area contributed by atoms with Crippen LogP contribution in [0, 0.1) is 6.92 Å². The van der Waals surface area contributed by atoms with Crippen molar-refractivity contribution < 1.29 is 14.3 Å². The van der Waals surface area contributed by atoms with Crippen LogP contribution in [0.15, 0.2) is 36.7 Å². The largest absolute Gasteiger partial charge is 0.382 e. The molecule has 4 aromatic rings. The molecule has 10 nitrogen and oxygen atoms in total. The van der Waals surface area contributed by atoms with Gasteiger partial charge in [0, 0.05) is 44.6 Å². The topological polar surface area (TPSA) is 108 Å². The van der Waals surface area contributed by atoms with Crippen molar-refractivity contribution >= 4 is 11.7 Å². The Kier molecular flexibility index (Phi) is 7.06. The lowest BCUT2D eigenvalue weighted by molar-refractivity contribution is 0.00410. The molecule has 0 saturated heterocycles. The molecule has 0 bridgehead atoms. The van der Waals surface area contributed by atoms with Gasteiger partial charge in [0.2, 0.25) is 5.78 Å². The van der Waals surface area contributed by atoms with E-state index < -0.39 is 0 Å². The van der Waals surface area contributed by atoms with E-state index in [0.717, 1.165) is 47.6 Å². The molecule has 1 unspecified atom stereocenters. The molecule has 3 aromatic heterocycles. The van der Waals surface area contributed by atoms with Crippen molar-refractivity contribution in [3.05, 3.63) is 65.0 Å². The molecule has 1 N–H and O–H groups in total. The smallest absolute Gasteiger partial charge is 0.270 e. The normalized spacial score (nSPS) is 15.2. The number of ether oxygens (including phenoxy) is 2. The van der Waals surface area contributed by atoms with E-state index in [4.69, 9.17) is 14.5 Å². The lowest BCUT2D eigenvalue weighted by Gasteiger charge is -2.22. The monoisotopic (exact) mass is 489 g/mol. The molecule has 10 heteroatoms. The zero-order valence-electron chi connectivity index (χ0n) is 20.9. The summed E-state index contributed by atoms with van der Waals surface area (Å²) in [7, 11) is 1.68. The number of amides is 1. The summed E-state index contributed by atoms with van der Waals surface area (Å²) in [6, 6.07) is 7.98. The van der Waals surface area contributed by atoms with Crippen LogP contribution in [0.2, 0.25) is 0 Å². The van der Waals surface area contributed by atoms with Crippen molar-refractivity contribution in [1.82, 2.24) is 34.4 Å². The molecule has 0 fully saturated rings. The first kappa shape index (κ1) is 24.1. The minimum absolute atomic E-state index is 0.150. The van der Waals surface area contributed by atoms with Crippen LogP contribution >= 0.6 is 0 Å². The summed E-state index contributed by atoms with van der Waals surface area (Å²) in [4.78, 5) is 26.6. The van der Waals surface area contributed by atoms with Crippen LogP contribution < -0.4 is 5.32 Å². The fourth-order valence-electron chi connectivity index (χ4n) is 4.44. The molecule has 0 saturated carbocycles. The first-order chi connectivity index (χ1) is 17.6. The number of rotatable bonds is 9. The highest BCUT2D eigenvalue weighted by Crippen LogP contribution is 2.22. The second-order valence-corrected chi connectivity index (χ2v) is 8.99. The third-order valence-electron chi connectivity index (χ3n) is 6.36. The number of hydrogen-bond donors (Lipinski definition) is 1. The number of nitrogens with zero attached hydrogens (tertiary/aromatic N) is 6. The number of carbonyl (C=O) groups excluding carboxylic acids is 1. The van der Waals surface area contributed by atoms with Crippen molar-refractivity contribution in [3.8, 4) is 11.4 Å². The van der Waals surface area contributed by atoms with Gasteiger partial charge in [-0.1, -0.05) is 31.2 Å². The second kappa shape index (κ2) is 10.5. The molecule has 0 spiro atoms. The number of imidazole rings is 1. The number of methoxy groups -OCH3 is 1. The fraction of sp³-hybridized carbons (Fsp3) is 0.423. The van der Waals surface area contributed by atoms with E-state index in [9.17, 15) is 4.79 Å². The maximum Gasteiger partial charge on any atom is 0.270 e. The van der Waals surface area contributed by atoms with Crippen molar-refractivity contribution in [2.75, 3.05) is 20.3 Å². The molecule has 4 heterocycles. The molecule has 188 valence electrons. The molecular weight excluding hydrogens is 458 g/mol. The molecular formula is C26H31N7O3. The van der Waals surface area contributed by atoms with Gasteiger partial charge in [-0.15, -0.1) is 0 Å². The Bertz CT molecular complexity index is 1360. The Hall–Kier alpha value is -3.63. The van der Waals surface area contributed by atoms with E-state index in [1.54, 1.807) is 17.7 Å². The molecule has 0 aliphatic carbocycles. The molecule has 1 aromatic carbocycles. The van der Waals surface area contributed by atoms with E-state index >= 15 is 0 Å². The van der Waals surface area contributed by atoms with Crippen LogP contribution in [0.4, 0.5) is 0 Å². The van der Waals surface area contributed by atoms with Gasteiger partial charge in [0.05, 0.1) is 25.0 Å². The third kappa shape index (κ3) is 5.00. The van der Waals surface area contributed by atoms with Crippen molar-refractivity contribution in [3.63, 3.8) is 0 Å². The highest BCUT2D eigenvalue weighted by Gasteiger charge is 2.23. The van der Waals surface area contributed by atoms with Crippen LogP contribution in [0.5, 0.6) is 0 Å². The zero-order valence-corrected chi connectivity index (χ0v) is 20.9. The van der Waals surface area contributed by atoms with Crippen LogP contribution in [-0.2, 0) is 35.4 Å². The van der Waals surface area contributed by atoms with Gasteiger partial charge in [-0.3, -0.25) is 9.20 Å². The number of nitrogens with one attached hydrogen (secondary N) is 1. The Morgan fingerprint density at radius 1 is 1.19 bits per heavy atom. The van der Waals surface area contributed by atoms with Crippen molar-refractivity contribution in [1.29, 1.82) is 0 Å². The zero-order chi connectivity index (χ0) is 25.1. The quantitative estimate of drug-likeness (QED) is 0.360. The number of benzene rings is 1. The van der Waals surface area contributed by atoms with Gasteiger partial charge in [0.15, 0.2) is 5.82 Å². The Balaban J connectivity index is 1.24. The Labute approximate surface area is 209 Å². The number of hydrogen-bond acceptors (Lipinski definition) is 7. The SMILES string of the molecule is CCc1nc2ncc(C)cn2c1C(=O)NCc1ccc(-c2nc3n(n2)CCC(OCCOC)C3)cc1. The second-order valence-electron chi connectivity index (χ2n) is 8.99. The van der Waals surface area contributed by atoms with Gasteiger partial charge in [-0.25, -0.2) is 19.6 Å². The molecule has 1 amide bonds. The summed E-state index contributed by atoms with van der Waals surface area (Å²) in [6.45, 7) is 6.32. The van der Waals surface area contributed by atoms with E-state index in [2.05, 4.69) is 20.4 Å². The summed E-state index contributed by atoms with van der Waals surface area (Å²) in [5.41, 5.74) is 4.18. The van der Waals surface area contributed by atoms with Crippen molar-refractivity contribution in [2.24, 2.45) is 0 Å². The highest BCUT2D eigenvalue weighted by atomic mass is 16.5. The van der Waals surface area contributed by atoms with E-state index in [-0.39, 0.29) is 12.0 Å². The summed E-state index contributed by atoms with van der Waals surface area (Å²) in [5.74, 6) is 2.02. The first-order valence-corrected chi connectivity index (χ1v) is 12.3. The minimum Gasteiger partial charge on any atom is -0.382 e. The minimum atomic E-state index is -0.165. The Morgan fingerprint density at radius 3 is 2.81 bits per heavy atom. The summed E-state index contributed by atoms with van der Waals surface area (Å²) < 4.78 is 14.7. The number of aromatic nitrogens is 6. The van der Waals surface area contributed by atoms with E-state index in [1.165, 1.54) is 0 Å². The molecule has 0 radical (unpaired) electrons. The average Bonchev–Trinajstić information content (AvgIpc) is 3.48. The predicted octanol–water partition coefficient (Wildman–Crippen LogP) is 2.77. The standard InChI is InChI=1S/C26H31N7O3/c1-4-21-23(32-16-17(2)14-28-26(32)29-21)25(34)27-15-18-5-7-19(8-6-18)24-30-22-13-20(36-12-11-35-3)9-10-33(22)31-24/h5-8,14,16,20H,4,9-13,15H2,1-3H3,(H,27,34). The first-order valence-electron chi connectivity index (χ1n) is 12.3. The maximum absolute atomic E-state index is 13.1. The van der Waals surface area contributed by atoms with Gasteiger partial charge in [-0.05, 0) is 30.9 Å². The molecule has 1 aliphatic heterocycles. The summed E-state index contributed by atoms with van der Waals surface area (Å²) >= 11 is 0. The van der Waals surface area contributed by atoms with E-state index in [1.807, 2.05) is 49.0 Å². The summed E-state index contributed by atoms with van der Waals surface area (Å²) in [6.07, 6.45) is 6.12. The van der Waals surface area contributed by atoms with Gasteiger partial charge < -0.3 is 14.8 Å². The van der Waals surface area contributed by atoms with Crippen LogP contribution in [0.1, 0.15) is 46.5 Å². The predicted molar refractivity (Wildman–Crippen MR) is 134 cm³/mol. The lowest BCUT2D eigenvalue weighted by atomic mass is 10.1. The third-order valence-corrected chi connectivity index (χ3v) is 6.36. The van der Waals surface area contributed by atoms with Gasteiger partial charge in [0.1, 0.15) is 11.5 Å². The van der Waals surface area contributed by atoms with Crippen LogP contribution in [0.3, 0.4) is 0 Å². The number of fused-ring (bicyclic) bond motifs is 2. The molecule has 1 atom stereocenters. The van der Waals surface area contributed by atoms with Gasteiger partial charge >= 0.3 is 0 Å². The lowest BCUT2D eigenvalue weighted by Crippen LogP contribution is -2.27. The van der Waals surface area contributed by atoms with Crippen molar-refractivity contribution in [2.45, 2.75) is 52.3 Å².